The van der Waals surface area contributed by atoms with Gasteiger partial charge in [-0.25, -0.2) is 4.79 Å². The van der Waals surface area contributed by atoms with Crippen LogP contribution in [0.1, 0.15) is 44.7 Å². The third-order valence-electron chi connectivity index (χ3n) is 4.37. The molecular weight excluding hydrogens is 370 g/mol. The predicted octanol–water partition coefficient (Wildman–Crippen LogP) is 4.86. The van der Waals surface area contributed by atoms with E-state index in [1.807, 2.05) is 63.2 Å². The van der Waals surface area contributed by atoms with Gasteiger partial charge in [-0.3, -0.25) is 10.1 Å². The fraction of sp³-hybridized carbons (Fsp3) is 0.391. The second-order valence-electron chi connectivity index (χ2n) is 8.08. The molecule has 0 aromatic heterocycles. The molecule has 1 atom stereocenters. The Labute approximate surface area is 171 Å². The third-order valence-corrected chi connectivity index (χ3v) is 4.37. The van der Waals surface area contributed by atoms with Gasteiger partial charge in [-0.2, -0.15) is 0 Å². The number of ether oxygens (including phenoxy) is 3. The molecule has 1 aliphatic rings. The first kappa shape index (κ1) is 20.7. The number of fused-ring (bicyclic) bond motifs is 1. The summed E-state index contributed by atoms with van der Waals surface area (Å²) in [5, 5.41) is 2.73. The van der Waals surface area contributed by atoms with Gasteiger partial charge in [0.25, 0.3) is 0 Å². The molecule has 0 saturated heterocycles. The van der Waals surface area contributed by atoms with Crippen LogP contribution in [-0.2, 0) is 27.3 Å². The zero-order valence-electron chi connectivity index (χ0n) is 17.1. The molecule has 29 heavy (non-hydrogen) atoms. The molecule has 6 heteroatoms. The second-order valence-corrected chi connectivity index (χ2v) is 8.08. The Hall–Kier alpha value is -3.02. The fourth-order valence-corrected chi connectivity index (χ4v) is 3.07. The molecule has 3 rings (SSSR count). The minimum Gasteiger partial charge on any atom is -0.490 e. The molecule has 154 valence electrons. The topological polar surface area (TPSA) is 73.9 Å². The maximum atomic E-state index is 12.1. The third kappa shape index (κ3) is 6.52. The van der Waals surface area contributed by atoms with Crippen LogP contribution in [0, 0.1) is 0 Å². The van der Waals surface area contributed by atoms with Crippen molar-refractivity contribution in [1.82, 2.24) is 0 Å². The highest BCUT2D eigenvalue weighted by Crippen LogP contribution is 2.31. The highest BCUT2D eigenvalue weighted by molar-refractivity contribution is 5.85. The molecule has 0 bridgehead atoms. The molecule has 0 fully saturated rings. The molecule has 1 heterocycles. The summed E-state index contributed by atoms with van der Waals surface area (Å²) in [5.74, 6) is 0.456. The van der Waals surface area contributed by atoms with E-state index in [4.69, 9.17) is 14.2 Å². The molecule has 2 aromatic carbocycles. The molecule has 0 aliphatic carbocycles. The summed E-state index contributed by atoms with van der Waals surface area (Å²) >= 11 is 0. The van der Waals surface area contributed by atoms with Crippen LogP contribution in [0.3, 0.4) is 0 Å². The lowest BCUT2D eigenvalue weighted by atomic mass is 10.00. The van der Waals surface area contributed by atoms with Crippen molar-refractivity contribution in [2.45, 2.75) is 58.3 Å². The van der Waals surface area contributed by atoms with E-state index in [0.717, 1.165) is 23.3 Å². The first-order valence-electron chi connectivity index (χ1n) is 9.77. The van der Waals surface area contributed by atoms with Crippen LogP contribution in [0.25, 0.3) is 0 Å². The first-order valence-corrected chi connectivity index (χ1v) is 9.77. The molecule has 2 aromatic rings. The molecule has 1 aliphatic heterocycles. The Morgan fingerprint density at radius 1 is 1.14 bits per heavy atom. The summed E-state index contributed by atoms with van der Waals surface area (Å²) in [6, 6.07) is 15.0. The van der Waals surface area contributed by atoms with Crippen LogP contribution < -0.4 is 10.1 Å². The van der Waals surface area contributed by atoms with E-state index in [2.05, 4.69) is 5.32 Å². The van der Waals surface area contributed by atoms with Crippen molar-refractivity contribution in [1.29, 1.82) is 0 Å². The van der Waals surface area contributed by atoms with Crippen LogP contribution in [0.5, 0.6) is 5.75 Å². The quantitative estimate of drug-likeness (QED) is 0.729. The highest BCUT2D eigenvalue weighted by Gasteiger charge is 2.24. The Bertz CT molecular complexity index is 857. The van der Waals surface area contributed by atoms with E-state index in [1.165, 1.54) is 0 Å². The normalized spacial score (nSPS) is 15.6. The van der Waals surface area contributed by atoms with E-state index in [0.29, 0.717) is 12.1 Å². The number of hydrogen-bond donors (Lipinski definition) is 1. The fourth-order valence-electron chi connectivity index (χ4n) is 3.07. The number of nitrogens with one attached hydrogen (secondary N) is 1. The molecule has 1 amide bonds. The van der Waals surface area contributed by atoms with Crippen LogP contribution in [0.15, 0.2) is 48.5 Å². The van der Waals surface area contributed by atoms with E-state index in [1.54, 1.807) is 6.07 Å². The van der Waals surface area contributed by atoms with Gasteiger partial charge in [-0.05, 0) is 62.9 Å². The van der Waals surface area contributed by atoms with E-state index < -0.39 is 11.7 Å². The number of benzene rings is 2. The standard InChI is InChI=1S/C23H27NO5/c1-23(2,3)29-22(26)24-18-10-12-20-17(13-18)9-11-19(28-20)14-21(25)27-15-16-7-5-4-6-8-16/h4-8,10,12-13,19H,9,11,14-15H2,1-3H3,(H,24,26). The maximum Gasteiger partial charge on any atom is 0.412 e. The number of aryl methyl sites for hydroxylation is 1. The summed E-state index contributed by atoms with van der Waals surface area (Å²) in [4.78, 5) is 24.0. The van der Waals surface area contributed by atoms with Gasteiger partial charge in [-0.15, -0.1) is 0 Å². The first-order chi connectivity index (χ1) is 13.8. The average Bonchev–Trinajstić information content (AvgIpc) is 2.66. The molecule has 0 spiro atoms. The smallest absolute Gasteiger partial charge is 0.412 e. The van der Waals surface area contributed by atoms with Gasteiger partial charge in [0.1, 0.15) is 24.1 Å². The minimum atomic E-state index is -0.552. The van der Waals surface area contributed by atoms with Crippen molar-refractivity contribution in [2.75, 3.05) is 5.32 Å². The monoisotopic (exact) mass is 397 g/mol. The SMILES string of the molecule is CC(C)(C)OC(=O)Nc1ccc2c(c1)CCC(CC(=O)OCc1ccccc1)O2. The van der Waals surface area contributed by atoms with Crippen LogP contribution in [-0.4, -0.2) is 23.8 Å². The van der Waals surface area contributed by atoms with Gasteiger partial charge < -0.3 is 14.2 Å². The molecule has 1 unspecified atom stereocenters. The lowest BCUT2D eigenvalue weighted by Gasteiger charge is -2.26. The Kier molecular flexibility index (Phi) is 6.42. The summed E-state index contributed by atoms with van der Waals surface area (Å²) < 4.78 is 16.6. The number of rotatable bonds is 5. The van der Waals surface area contributed by atoms with Gasteiger partial charge in [0.2, 0.25) is 0 Å². The lowest BCUT2D eigenvalue weighted by Crippen LogP contribution is -2.28. The summed E-state index contributed by atoms with van der Waals surface area (Å²) in [7, 11) is 0. The average molecular weight is 397 g/mol. The number of carbonyl (C=O) groups is 2. The number of anilines is 1. The largest absolute Gasteiger partial charge is 0.490 e. The van der Waals surface area contributed by atoms with Crippen molar-refractivity contribution < 1.29 is 23.8 Å². The zero-order valence-corrected chi connectivity index (χ0v) is 17.1. The molecule has 0 saturated carbocycles. The van der Waals surface area contributed by atoms with Crippen LogP contribution in [0.2, 0.25) is 0 Å². The number of esters is 1. The summed E-state index contributed by atoms with van der Waals surface area (Å²) in [6.07, 6.45) is 0.979. The zero-order chi connectivity index (χ0) is 20.9. The highest BCUT2D eigenvalue weighted by atomic mass is 16.6. The minimum absolute atomic E-state index is 0.212. The van der Waals surface area contributed by atoms with Crippen LogP contribution >= 0.6 is 0 Å². The molecular formula is C23H27NO5. The van der Waals surface area contributed by atoms with Crippen molar-refractivity contribution in [3.63, 3.8) is 0 Å². The molecule has 1 N–H and O–H groups in total. The van der Waals surface area contributed by atoms with Crippen molar-refractivity contribution >= 4 is 17.7 Å². The van der Waals surface area contributed by atoms with Crippen molar-refractivity contribution in [3.8, 4) is 5.75 Å². The summed E-state index contributed by atoms with van der Waals surface area (Å²) in [5.41, 5.74) is 2.06. The lowest BCUT2D eigenvalue weighted by molar-refractivity contribution is -0.147. The van der Waals surface area contributed by atoms with E-state index in [-0.39, 0.29) is 25.1 Å². The van der Waals surface area contributed by atoms with Gasteiger partial charge in [0.05, 0.1) is 6.42 Å². The number of hydrogen-bond acceptors (Lipinski definition) is 5. The Morgan fingerprint density at radius 3 is 2.62 bits per heavy atom. The summed E-state index contributed by atoms with van der Waals surface area (Å²) in [6.45, 7) is 5.72. The number of carbonyl (C=O) groups excluding carboxylic acids is 2. The maximum absolute atomic E-state index is 12.1. The van der Waals surface area contributed by atoms with E-state index >= 15 is 0 Å². The predicted molar refractivity (Wildman–Crippen MR) is 110 cm³/mol. The van der Waals surface area contributed by atoms with E-state index in [9.17, 15) is 9.59 Å². The van der Waals surface area contributed by atoms with Gasteiger partial charge in [0, 0.05) is 5.69 Å². The Balaban J connectivity index is 1.50. The van der Waals surface area contributed by atoms with Crippen LogP contribution in [0.4, 0.5) is 10.5 Å². The van der Waals surface area contributed by atoms with Gasteiger partial charge >= 0.3 is 12.1 Å². The molecule has 6 nitrogen and oxygen atoms in total. The van der Waals surface area contributed by atoms with Gasteiger partial charge in [-0.1, -0.05) is 30.3 Å². The number of amides is 1. The second kappa shape index (κ2) is 8.99. The molecule has 0 radical (unpaired) electrons. The Morgan fingerprint density at radius 2 is 1.90 bits per heavy atom. The van der Waals surface area contributed by atoms with Crippen molar-refractivity contribution in [3.05, 3.63) is 59.7 Å². The van der Waals surface area contributed by atoms with Crippen molar-refractivity contribution in [2.24, 2.45) is 0 Å². The van der Waals surface area contributed by atoms with Gasteiger partial charge in [0.15, 0.2) is 0 Å².